The van der Waals surface area contributed by atoms with Crippen molar-refractivity contribution in [1.82, 2.24) is 15.3 Å². The molecule has 0 aliphatic rings. The fourth-order valence-electron chi connectivity index (χ4n) is 3.05. The smallest absolute Gasteiger partial charge is 0.388 e. The summed E-state index contributed by atoms with van der Waals surface area (Å²) < 4.78 is 36.7. The Morgan fingerprint density at radius 2 is 1.91 bits per heavy atom. The van der Waals surface area contributed by atoms with E-state index < -0.39 is 12.5 Å². The third-order valence-corrected chi connectivity index (χ3v) is 5.15. The zero-order valence-electron chi connectivity index (χ0n) is 18.3. The SMILES string of the molecule is CCc1cc(OCC(C)C(=O)NOc2ccccc2)ccc1-c1nn(C)c(OC(F)F)c1Cl. The average Bonchev–Trinajstić information content (AvgIpc) is 3.09. The molecule has 0 fully saturated rings. The Hall–Kier alpha value is -3.33. The number of aryl methyl sites for hydroxylation is 2. The van der Waals surface area contributed by atoms with Crippen molar-refractivity contribution in [3.63, 3.8) is 0 Å². The molecule has 1 heterocycles. The largest absolute Gasteiger partial charge is 0.493 e. The van der Waals surface area contributed by atoms with Gasteiger partial charge in [-0.05, 0) is 42.3 Å². The van der Waals surface area contributed by atoms with Gasteiger partial charge in [-0.15, -0.1) is 0 Å². The summed E-state index contributed by atoms with van der Waals surface area (Å²) in [6.07, 6.45) is 0.616. The van der Waals surface area contributed by atoms with Crippen LogP contribution in [0.4, 0.5) is 8.78 Å². The molecule has 0 saturated carbocycles. The number of carbonyl (C=O) groups excluding carboxylic acids is 1. The Kier molecular flexibility index (Phi) is 8.11. The van der Waals surface area contributed by atoms with Gasteiger partial charge in [0.05, 0.1) is 12.5 Å². The zero-order valence-corrected chi connectivity index (χ0v) is 19.1. The minimum atomic E-state index is -3.01. The van der Waals surface area contributed by atoms with E-state index >= 15 is 0 Å². The van der Waals surface area contributed by atoms with Crippen LogP contribution in [0, 0.1) is 5.92 Å². The summed E-state index contributed by atoms with van der Waals surface area (Å²) in [5, 5.41) is 4.24. The van der Waals surface area contributed by atoms with Gasteiger partial charge in [0, 0.05) is 12.6 Å². The highest BCUT2D eigenvalue weighted by atomic mass is 35.5. The van der Waals surface area contributed by atoms with Crippen LogP contribution in [0.2, 0.25) is 5.02 Å². The van der Waals surface area contributed by atoms with Gasteiger partial charge in [-0.3, -0.25) is 4.79 Å². The molecule has 1 atom stereocenters. The quantitative estimate of drug-likeness (QED) is 0.413. The molecule has 3 aromatic rings. The predicted molar refractivity (Wildman–Crippen MR) is 120 cm³/mol. The normalized spacial score (nSPS) is 11.8. The lowest BCUT2D eigenvalue weighted by atomic mass is 10.0. The Bertz CT molecular complexity index is 1090. The monoisotopic (exact) mass is 479 g/mol. The second-order valence-electron chi connectivity index (χ2n) is 7.24. The second kappa shape index (κ2) is 11.0. The first kappa shape index (κ1) is 24.3. The number of nitrogens with one attached hydrogen (secondary N) is 1. The van der Waals surface area contributed by atoms with Crippen molar-refractivity contribution >= 4 is 17.5 Å². The van der Waals surface area contributed by atoms with Crippen molar-refractivity contribution in [3.05, 3.63) is 59.1 Å². The Labute approximate surface area is 195 Å². The molecule has 1 N–H and O–H groups in total. The molecule has 7 nitrogen and oxygen atoms in total. The van der Waals surface area contributed by atoms with Crippen LogP contribution in [0.25, 0.3) is 11.3 Å². The van der Waals surface area contributed by atoms with Crippen molar-refractivity contribution in [2.45, 2.75) is 26.9 Å². The predicted octanol–water partition coefficient (Wildman–Crippen LogP) is 5.03. The van der Waals surface area contributed by atoms with Crippen LogP contribution < -0.4 is 19.8 Å². The number of benzene rings is 2. The Morgan fingerprint density at radius 3 is 2.58 bits per heavy atom. The summed E-state index contributed by atoms with van der Waals surface area (Å²) in [5.74, 6) is 0.0742. The van der Waals surface area contributed by atoms with Crippen LogP contribution in [0.5, 0.6) is 17.4 Å². The van der Waals surface area contributed by atoms with E-state index in [9.17, 15) is 13.6 Å². The van der Waals surface area contributed by atoms with E-state index in [1.165, 1.54) is 11.7 Å². The van der Waals surface area contributed by atoms with E-state index in [0.29, 0.717) is 29.2 Å². The zero-order chi connectivity index (χ0) is 24.0. The van der Waals surface area contributed by atoms with Crippen molar-refractivity contribution in [1.29, 1.82) is 0 Å². The topological polar surface area (TPSA) is 74.6 Å². The molecule has 1 unspecified atom stereocenters. The number of hydroxylamine groups is 1. The summed E-state index contributed by atoms with van der Waals surface area (Å²) in [6.45, 7) is 0.775. The van der Waals surface area contributed by atoms with Gasteiger partial charge in [0.1, 0.15) is 16.5 Å². The minimum absolute atomic E-state index is 0.00452. The number of carbonyl (C=O) groups is 1. The van der Waals surface area contributed by atoms with Crippen LogP contribution >= 0.6 is 11.6 Å². The number of hydrogen-bond acceptors (Lipinski definition) is 5. The molecule has 0 saturated heterocycles. The molecule has 3 rings (SSSR count). The molecule has 0 aliphatic carbocycles. The highest BCUT2D eigenvalue weighted by Gasteiger charge is 2.22. The second-order valence-corrected chi connectivity index (χ2v) is 7.61. The first-order valence-electron chi connectivity index (χ1n) is 10.2. The number of rotatable bonds is 10. The number of ether oxygens (including phenoxy) is 2. The van der Waals surface area contributed by atoms with Gasteiger partial charge in [0.2, 0.25) is 5.88 Å². The number of para-hydroxylation sites is 1. The molecule has 2 aromatic carbocycles. The third-order valence-electron chi connectivity index (χ3n) is 4.81. The number of nitrogens with zero attached hydrogens (tertiary/aromatic N) is 2. The number of hydrogen-bond donors (Lipinski definition) is 1. The Morgan fingerprint density at radius 1 is 1.18 bits per heavy atom. The lowest BCUT2D eigenvalue weighted by molar-refractivity contribution is -0.132. The van der Waals surface area contributed by atoms with Gasteiger partial charge in [0.25, 0.3) is 5.91 Å². The molecule has 0 aliphatic heterocycles. The first-order valence-corrected chi connectivity index (χ1v) is 10.6. The molecule has 33 heavy (non-hydrogen) atoms. The molecule has 0 radical (unpaired) electrons. The van der Waals surface area contributed by atoms with Crippen LogP contribution in [-0.2, 0) is 18.3 Å². The van der Waals surface area contributed by atoms with Gasteiger partial charge >= 0.3 is 6.61 Å². The maximum absolute atomic E-state index is 12.7. The molecule has 1 aromatic heterocycles. The molecule has 1 amide bonds. The van der Waals surface area contributed by atoms with E-state index in [2.05, 4.69) is 15.3 Å². The third kappa shape index (κ3) is 6.13. The fraction of sp³-hybridized carbons (Fsp3) is 0.304. The average molecular weight is 480 g/mol. The molecular formula is C23H24ClF2N3O4. The van der Waals surface area contributed by atoms with Gasteiger partial charge in [0.15, 0.2) is 5.75 Å². The van der Waals surface area contributed by atoms with Crippen molar-refractivity contribution < 1.29 is 27.9 Å². The lowest BCUT2D eigenvalue weighted by Gasteiger charge is -2.15. The number of aromatic nitrogens is 2. The summed E-state index contributed by atoms with van der Waals surface area (Å²) in [7, 11) is 1.48. The van der Waals surface area contributed by atoms with Crippen molar-refractivity contribution in [2.24, 2.45) is 13.0 Å². The molecule has 10 heteroatoms. The molecule has 0 bridgehead atoms. The van der Waals surface area contributed by atoms with Crippen molar-refractivity contribution in [2.75, 3.05) is 6.61 Å². The molecule has 0 spiro atoms. The maximum Gasteiger partial charge on any atom is 0.388 e. The first-order chi connectivity index (χ1) is 15.8. The van der Waals surface area contributed by atoms with Crippen LogP contribution in [0.1, 0.15) is 19.4 Å². The van der Waals surface area contributed by atoms with E-state index in [1.807, 2.05) is 13.0 Å². The highest BCUT2D eigenvalue weighted by molar-refractivity contribution is 6.34. The fourth-order valence-corrected chi connectivity index (χ4v) is 3.35. The minimum Gasteiger partial charge on any atom is -0.493 e. The van der Waals surface area contributed by atoms with E-state index in [1.54, 1.807) is 49.4 Å². The lowest BCUT2D eigenvalue weighted by Crippen LogP contribution is -2.34. The number of amides is 1. The van der Waals surface area contributed by atoms with Crippen LogP contribution in [-0.4, -0.2) is 28.9 Å². The van der Waals surface area contributed by atoms with Gasteiger partial charge in [-0.2, -0.15) is 19.4 Å². The Balaban J connectivity index is 1.66. The number of alkyl halides is 2. The highest BCUT2D eigenvalue weighted by Crippen LogP contribution is 2.38. The summed E-state index contributed by atoms with van der Waals surface area (Å²) >= 11 is 6.26. The summed E-state index contributed by atoms with van der Waals surface area (Å²) in [5.41, 5.74) is 4.27. The van der Waals surface area contributed by atoms with Gasteiger partial charge < -0.3 is 14.3 Å². The van der Waals surface area contributed by atoms with E-state index in [4.69, 9.17) is 21.2 Å². The molecule has 176 valence electrons. The summed E-state index contributed by atoms with van der Waals surface area (Å²) in [4.78, 5) is 17.5. The number of halogens is 3. The maximum atomic E-state index is 12.7. The van der Waals surface area contributed by atoms with E-state index in [-0.39, 0.29) is 23.4 Å². The van der Waals surface area contributed by atoms with Crippen LogP contribution in [0.3, 0.4) is 0 Å². The van der Waals surface area contributed by atoms with E-state index in [0.717, 1.165) is 5.56 Å². The van der Waals surface area contributed by atoms with Gasteiger partial charge in [-0.25, -0.2) is 4.68 Å². The van der Waals surface area contributed by atoms with Crippen LogP contribution in [0.15, 0.2) is 48.5 Å². The van der Waals surface area contributed by atoms with Gasteiger partial charge in [-0.1, -0.05) is 43.6 Å². The summed E-state index contributed by atoms with van der Waals surface area (Å²) in [6, 6.07) is 14.2. The molecular weight excluding hydrogens is 456 g/mol. The standard InChI is InChI=1S/C23H24ClF2N3O4/c1-4-15-12-17(31-13-14(2)21(30)28-33-16-8-6-5-7-9-16)10-11-18(15)20-19(24)22(29(3)27-20)32-23(25)26/h5-12,14,23H,4,13H2,1-3H3,(H,28,30). The van der Waals surface area contributed by atoms with Crippen molar-refractivity contribution in [3.8, 4) is 28.6 Å².